The Morgan fingerprint density at radius 3 is 2.52 bits per heavy atom. The first-order valence-electron chi connectivity index (χ1n) is 11.3. The van der Waals surface area contributed by atoms with Crippen molar-refractivity contribution in [1.82, 2.24) is 29.9 Å². The Balaban J connectivity index is 1.23. The average Bonchev–Trinajstić information content (AvgIpc) is 3.36. The SMILES string of the molecule is c1cnc(N2C[C@H]3C[C@@H](n4cc(-c5ccncc5)nn4)[C@H](OCC4CC4)C[C@H]3C2)nc1. The third-order valence-corrected chi connectivity index (χ3v) is 6.99. The van der Waals surface area contributed by atoms with Gasteiger partial charge in [0, 0.05) is 50.0 Å². The highest BCUT2D eigenvalue weighted by atomic mass is 16.5. The van der Waals surface area contributed by atoms with E-state index in [1.807, 2.05) is 35.3 Å². The molecular weight excluding hydrogens is 390 g/mol. The Morgan fingerprint density at radius 2 is 1.74 bits per heavy atom. The minimum atomic E-state index is 0.172. The molecule has 3 aliphatic rings. The number of hydrogen-bond donors (Lipinski definition) is 0. The van der Waals surface area contributed by atoms with E-state index < -0.39 is 0 Å². The molecule has 0 unspecified atom stereocenters. The van der Waals surface area contributed by atoms with E-state index in [-0.39, 0.29) is 12.1 Å². The second kappa shape index (κ2) is 8.00. The summed E-state index contributed by atoms with van der Waals surface area (Å²) < 4.78 is 8.54. The van der Waals surface area contributed by atoms with E-state index >= 15 is 0 Å². The Bertz CT molecular complexity index is 1010. The molecule has 0 N–H and O–H groups in total. The molecule has 31 heavy (non-hydrogen) atoms. The van der Waals surface area contributed by atoms with Crippen molar-refractivity contribution in [3.63, 3.8) is 0 Å². The largest absolute Gasteiger partial charge is 0.376 e. The number of anilines is 1. The van der Waals surface area contributed by atoms with Crippen LogP contribution in [0.3, 0.4) is 0 Å². The number of pyridine rings is 1. The zero-order chi connectivity index (χ0) is 20.6. The number of ether oxygens (including phenoxy) is 1. The fourth-order valence-corrected chi connectivity index (χ4v) is 5.10. The van der Waals surface area contributed by atoms with Crippen molar-refractivity contribution < 1.29 is 4.74 Å². The van der Waals surface area contributed by atoms with Gasteiger partial charge in [-0.05, 0) is 61.6 Å². The Hall–Kier alpha value is -2.87. The van der Waals surface area contributed by atoms with Crippen LogP contribution in [-0.2, 0) is 4.74 Å². The van der Waals surface area contributed by atoms with Crippen LogP contribution in [0.1, 0.15) is 31.7 Å². The topological polar surface area (TPSA) is 81.9 Å². The summed E-state index contributed by atoms with van der Waals surface area (Å²) in [4.78, 5) is 15.4. The Labute approximate surface area is 181 Å². The summed E-state index contributed by atoms with van der Waals surface area (Å²) in [5, 5.41) is 8.98. The number of aromatic nitrogens is 6. The van der Waals surface area contributed by atoms with Gasteiger partial charge in [-0.3, -0.25) is 4.98 Å². The molecule has 0 radical (unpaired) electrons. The quantitative estimate of drug-likeness (QED) is 0.610. The highest BCUT2D eigenvalue weighted by Gasteiger charge is 2.44. The molecule has 0 bridgehead atoms. The number of fused-ring (bicyclic) bond motifs is 1. The molecule has 6 rings (SSSR count). The molecule has 0 aromatic carbocycles. The molecule has 8 heteroatoms. The van der Waals surface area contributed by atoms with Crippen molar-refractivity contribution in [2.24, 2.45) is 17.8 Å². The van der Waals surface area contributed by atoms with Gasteiger partial charge in [-0.15, -0.1) is 5.10 Å². The van der Waals surface area contributed by atoms with Crippen LogP contribution in [0.2, 0.25) is 0 Å². The summed E-state index contributed by atoms with van der Waals surface area (Å²) in [5.41, 5.74) is 1.93. The van der Waals surface area contributed by atoms with Crippen molar-refractivity contribution in [2.45, 2.75) is 37.8 Å². The van der Waals surface area contributed by atoms with Gasteiger partial charge in [0.2, 0.25) is 5.95 Å². The zero-order valence-electron chi connectivity index (χ0n) is 17.5. The van der Waals surface area contributed by atoms with Gasteiger partial charge in [-0.25, -0.2) is 14.6 Å². The van der Waals surface area contributed by atoms with Crippen LogP contribution in [0.4, 0.5) is 5.95 Å². The van der Waals surface area contributed by atoms with E-state index in [4.69, 9.17) is 4.74 Å². The summed E-state index contributed by atoms with van der Waals surface area (Å²) in [6.07, 6.45) is 14.2. The van der Waals surface area contributed by atoms with Crippen LogP contribution in [0.5, 0.6) is 0 Å². The first-order chi connectivity index (χ1) is 15.3. The Kier molecular flexibility index (Phi) is 4.87. The third-order valence-electron chi connectivity index (χ3n) is 6.99. The summed E-state index contributed by atoms with van der Waals surface area (Å²) in [6.45, 7) is 2.87. The van der Waals surface area contributed by atoms with Gasteiger partial charge in [0.25, 0.3) is 0 Å². The lowest BCUT2D eigenvalue weighted by molar-refractivity contribution is -0.0375. The minimum absolute atomic E-state index is 0.172. The van der Waals surface area contributed by atoms with Crippen LogP contribution in [0, 0.1) is 17.8 Å². The van der Waals surface area contributed by atoms with Gasteiger partial charge in [0.05, 0.1) is 18.3 Å². The molecule has 3 fully saturated rings. The third kappa shape index (κ3) is 3.92. The van der Waals surface area contributed by atoms with Gasteiger partial charge < -0.3 is 9.64 Å². The van der Waals surface area contributed by atoms with Gasteiger partial charge in [-0.2, -0.15) is 0 Å². The maximum Gasteiger partial charge on any atom is 0.225 e. The average molecular weight is 418 g/mol. The van der Waals surface area contributed by atoms with E-state index in [0.717, 1.165) is 55.7 Å². The first kappa shape index (κ1) is 18.9. The van der Waals surface area contributed by atoms with Crippen molar-refractivity contribution in [2.75, 3.05) is 24.6 Å². The monoisotopic (exact) mass is 417 g/mol. The fourth-order valence-electron chi connectivity index (χ4n) is 5.10. The molecule has 3 aromatic rings. The van der Waals surface area contributed by atoms with E-state index in [9.17, 15) is 0 Å². The van der Waals surface area contributed by atoms with Crippen molar-refractivity contribution in [1.29, 1.82) is 0 Å². The van der Waals surface area contributed by atoms with E-state index in [1.54, 1.807) is 12.4 Å². The highest BCUT2D eigenvalue weighted by Crippen LogP contribution is 2.44. The molecular formula is C23H27N7O. The van der Waals surface area contributed by atoms with Crippen LogP contribution in [0.15, 0.2) is 49.2 Å². The summed E-state index contributed by atoms with van der Waals surface area (Å²) in [5.74, 6) is 2.78. The van der Waals surface area contributed by atoms with Gasteiger partial charge in [0.1, 0.15) is 5.69 Å². The summed E-state index contributed by atoms with van der Waals surface area (Å²) in [6, 6.07) is 6.03. The summed E-state index contributed by atoms with van der Waals surface area (Å²) in [7, 11) is 0. The second-order valence-electron chi connectivity index (χ2n) is 9.15. The van der Waals surface area contributed by atoms with E-state index in [0.29, 0.717) is 11.8 Å². The smallest absolute Gasteiger partial charge is 0.225 e. The van der Waals surface area contributed by atoms with Crippen LogP contribution in [-0.4, -0.2) is 55.7 Å². The molecule has 0 spiro atoms. The maximum absolute atomic E-state index is 6.49. The lowest BCUT2D eigenvalue weighted by Gasteiger charge is -2.37. The predicted molar refractivity (Wildman–Crippen MR) is 115 cm³/mol. The molecule has 2 aliphatic carbocycles. The lowest BCUT2D eigenvalue weighted by atomic mass is 9.77. The molecule has 4 atom stereocenters. The Morgan fingerprint density at radius 1 is 0.968 bits per heavy atom. The normalized spacial score (nSPS) is 27.9. The molecule has 8 nitrogen and oxygen atoms in total. The molecule has 1 aliphatic heterocycles. The molecule has 1 saturated heterocycles. The van der Waals surface area contributed by atoms with Crippen LogP contribution in [0.25, 0.3) is 11.3 Å². The zero-order valence-corrected chi connectivity index (χ0v) is 17.5. The van der Waals surface area contributed by atoms with E-state index in [1.165, 1.54) is 12.8 Å². The molecule has 2 saturated carbocycles. The number of rotatable bonds is 6. The van der Waals surface area contributed by atoms with Crippen LogP contribution < -0.4 is 4.90 Å². The fraction of sp³-hybridized carbons (Fsp3) is 0.522. The van der Waals surface area contributed by atoms with Gasteiger partial charge in [-0.1, -0.05) is 5.21 Å². The maximum atomic E-state index is 6.49. The second-order valence-corrected chi connectivity index (χ2v) is 9.15. The molecule has 3 aromatic heterocycles. The van der Waals surface area contributed by atoms with Crippen molar-refractivity contribution >= 4 is 5.95 Å². The summed E-state index contributed by atoms with van der Waals surface area (Å²) >= 11 is 0. The highest BCUT2D eigenvalue weighted by molar-refractivity contribution is 5.56. The minimum Gasteiger partial charge on any atom is -0.376 e. The van der Waals surface area contributed by atoms with Crippen molar-refractivity contribution in [3.8, 4) is 11.3 Å². The molecule has 0 amide bonds. The van der Waals surface area contributed by atoms with Crippen LogP contribution >= 0.6 is 0 Å². The van der Waals surface area contributed by atoms with Gasteiger partial charge >= 0.3 is 0 Å². The van der Waals surface area contributed by atoms with Crippen molar-refractivity contribution in [3.05, 3.63) is 49.2 Å². The van der Waals surface area contributed by atoms with Gasteiger partial charge in [0.15, 0.2) is 0 Å². The lowest BCUT2D eigenvalue weighted by Crippen LogP contribution is -2.38. The predicted octanol–water partition coefficient (Wildman–Crippen LogP) is 3.01. The molecule has 4 heterocycles. The van der Waals surface area contributed by atoms with E-state index in [2.05, 4.69) is 36.4 Å². The molecule has 160 valence electrons. The number of hydrogen-bond acceptors (Lipinski definition) is 7. The first-order valence-corrected chi connectivity index (χ1v) is 11.3. The standard InChI is InChI=1S/C23H27N7O/c1-6-25-23(26-7-1)29-12-18-10-21(22(11-19(18)13-29)31-15-16-2-3-16)30-14-20(27-28-30)17-4-8-24-9-5-17/h1,4-9,14,16,18-19,21-22H,2-3,10-13,15H2/t18-,19+,21-,22-/m1/s1. The number of nitrogens with zero attached hydrogens (tertiary/aromatic N) is 7.